The quantitative estimate of drug-likeness (QED) is 0.384. The fourth-order valence-electron chi connectivity index (χ4n) is 3.16. The number of nitrogens with one attached hydrogen (secondary N) is 2. The molecule has 0 aliphatic carbocycles. The highest BCUT2D eigenvalue weighted by Gasteiger charge is 2.07. The van der Waals surface area contributed by atoms with Gasteiger partial charge in [-0.15, -0.1) is 0 Å². The number of aromatic nitrogens is 2. The van der Waals surface area contributed by atoms with Gasteiger partial charge < -0.3 is 10.6 Å². The van der Waals surface area contributed by atoms with E-state index in [9.17, 15) is 0 Å². The summed E-state index contributed by atoms with van der Waals surface area (Å²) in [6.45, 7) is 5.04. The van der Waals surface area contributed by atoms with E-state index in [-0.39, 0.29) is 0 Å². The van der Waals surface area contributed by atoms with Gasteiger partial charge in [-0.2, -0.15) is 0 Å². The summed E-state index contributed by atoms with van der Waals surface area (Å²) in [6.07, 6.45) is 1.59. The molecule has 0 spiro atoms. The molecule has 2 N–H and O–H groups in total. The van der Waals surface area contributed by atoms with Crippen molar-refractivity contribution >= 4 is 44.0 Å². The molecule has 0 radical (unpaired) electrons. The fraction of sp³-hybridized carbons (Fsp3) is 0.130. The molecule has 0 atom stereocenters. The van der Waals surface area contributed by atoms with Crippen molar-refractivity contribution in [3.63, 3.8) is 0 Å². The van der Waals surface area contributed by atoms with Gasteiger partial charge in [0.15, 0.2) is 0 Å². The second-order valence-electron chi connectivity index (χ2n) is 6.87. The van der Waals surface area contributed by atoms with Gasteiger partial charge in [-0.1, -0.05) is 45.8 Å². The number of hydrogen-bond donors (Lipinski definition) is 2. The molecule has 1 aromatic heterocycles. The van der Waals surface area contributed by atoms with Gasteiger partial charge >= 0.3 is 0 Å². The van der Waals surface area contributed by atoms with Gasteiger partial charge in [0.2, 0.25) is 0 Å². The Kier molecular flexibility index (Phi) is 5.26. The maximum Gasteiger partial charge on any atom is 0.141 e. The monoisotopic (exact) mass is 432 g/mol. The fourth-order valence-corrected chi connectivity index (χ4v) is 3.56. The van der Waals surface area contributed by atoms with E-state index in [4.69, 9.17) is 0 Å². The van der Waals surface area contributed by atoms with Gasteiger partial charge in [-0.25, -0.2) is 9.97 Å². The zero-order chi connectivity index (χ0) is 19.5. The molecule has 0 aliphatic heterocycles. The molecule has 140 valence electrons. The highest BCUT2D eigenvalue weighted by molar-refractivity contribution is 9.10. The van der Waals surface area contributed by atoms with Crippen molar-refractivity contribution in [2.75, 3.05) is 10.6 Å². The average Bonchev–Trinajstić information content (AvgIpc) is 2.69. The third kappa shape index (κ3) is 4.15. The molecule has 0 amide bonds. The van der Waals surface area contributed by atoms with Gasteiger partial charge in [-0.3, -0.25) is 0 Å². The zero-order valence-corrected chi connectivity index (χ0v) is 17.4. The molecule has 0 saturated carbocycles. The first kappa shape index (κ1) is 18.4. The van der Waals surface area contributed by atoms with Gasteiger partial charge in [0.1, 0.15) is 12.1 Å². The van der Waals surface area contributed by atoms with Gasteiger partial charge in [-0.05, 0) is 61.4 Å². The van der Waals surface area contributed by atoms with Crippen molar-refractivity contribution in [3.05, 3.63) is 88.2 Å². The summed E-state index contributed by atoms with van der Waals surface area (Å²) >= 11 is 3.51. The van der Waals surface area contributed by atoms with Crippen LogP contribution in [0.25, 0.3) is 10.9 Å². The Labute approximate surface area is 173 Å². The number of benzene rings is 3. The Balaban J connectivity index is 1.61. The molecule has 28 heavy (non-hydrogen) atoms. The number of hydrogen-bond acceptors (Lipinski definition) is 4. The predicted octanol–water partition coefficient (Wildman–Crippen LogP) is 6.36. The van der Waals surface area contributed by atoms with E-state index in [0.717, 1.165) is 39.1 Å². The highest BCUT2D eigenvalue weighted by Crippen LogP contribution is 2.27. The highest BCUT2D eigenvalue weighted by atomic mass is 79.9. The van der Waals surface area contributed by atoms with E-state index in [0.29, 0.717) is 0 Å². The lowest BCUT2D eigenvalue weighted by Gasteiger charge is -2.12. The van der Waals surface area contributed by atoms with Crippen molar-refractivity contribution in [1.82, 2.24) is 9.97 Å². The van der Waals surface area contributed by atoms with Crippen molar-refractivity contribution in [3.8, 4) is 0 Å². The van der Waals surface area contributed by atoms with E-state index >= 15 is 0 Å². The Morgan fingerprint density at radius 2 is 1.79 bits per heavy atom. The topological polar surface area (TPSA) is 49.8 Å². The third-order valence-corrected chi connectivity index (χ3v) is 5.20. The Morgan fingerprint density at radius 1 is 0.893 bits per heavy atom. The summed E-state index contributed by atoms with van der Waals surface area (Å²) in [5.74, 6) is 0.790. The lowest BCUT2D eigenvalue weighted by Crippen LogP contribution is -2.02. The standard InChI is InChI=1S/C23H21BrN4/c1-15-6-7-16(2)17(10-15)13-25-19-8-9-22-21(12-19)23(27-14-26-22)28-20-5-3-4-18(24)11-20/h3-12,14,25H,13H2,1-2H3,(H,26,27,28). The third-order valence-electron chi connectivity index (χ3n) is 4.71. The second-order valence-corrected chi connectivity index (χ2v) is 7.79. The summed E-state index contributed by atoms with van der Waals surface area (Å²) in [6, 6.07) is 20.8. The molecule has 5 heteroatoms. The summed E-state index contributed by atoms with van der Waals surface area (Å²) < 4.78 is 1.02. The molecule has 0 unspecified atom stereocenters. The molecular weight excluding hydrogens is 412 g/mol. The van der Waals surface area contributed by atoms with Crippen LogP contribution in [0.5, 0.6) is 0 Å². The molecule has 0 aliphatic rings. The normalized spacial score (nSPS) is 10.8. The van der Waals surface area contributed by atoms with E-state index in [1.165, 1.54) is 16.7 Å². The minimum atomic E-state index is 0.779. The van der Waals surface area contributed by atoms with E-state index in [1.54, 1.807) is 6.33 Å². The summed E-state index contributed by atoms with van der Waals surface area (Å²) in [4.78, 5) is 8.85. The molecule has 1 heterocycles. The van der Waals surface area contributed by atoms with Crippen LogP contribution in [0.4, 0.5) is 17.2 Å². The van der Waals surface area contributed by atoms with Crippen LogP contribution in [0.2, 0.25) is 0 Å². The molecule has 4 nitrogen and oxygen atoms in total. The lowest BCUT2D eigenvalue weighted by atomic mass is 10.1. The van der Waals surface area contributed by atoms with Crippen LogP contribution in [0.15, 0.2) is 71.5 Å². The van der Waals surface area contributed by atoms with Crippen molar-refractivity contribution < 1.29 is 0 Å². The molecule has 4 rings (SSSR count). The first-order valence-corrected chi connectivity index (χ1v) is 9.95. The van der Waals surface area contributed by atoms with Gasteiger partial charge in [0.05, 0.1) is 5.52 Å². The maximum absolute atomic E-state index is 4.45. The molecule has 0 saturated heterocycles. The van der Waals surface area contributed by atoms with E-state index < -0.39 is 0 Å². The molecular formula is C23H21BrN4. The lowest BCUT2D eigenvalue weighted by molar-refractivity contribution is 1.11. The Bertz CT molecular complexity index is 1140. The van der Waals surface area contributed by atoms with Crippen LogP contribution in [0, 0.1) is 13.8 Å². The van der Waals surface area contributed by atoms with Crippen molar-refractivity contribution in [1.29, 1.82) is 0 Å². The molecule has 4 aromatic rings. The van der Waals surface area contributed by atoms with Crippen LogP contribution in [0.1, 0.15) is 16.7 Å². The smallest absolute Gasteiger partial charge is 0.141 e. The molecule has 0 bridgehead atoms. The minimum absolute atomic E-state index is 0.779. The molecule has 3 aromatic carbocycles. The number of anilines is 3. The van der Waals surface area contributed by atoms with Crippen molar-refractivity contribution in [2.24, 2.45) is 0 Å². The zero-order valence-electron chi connectivity index (χ0n) is 15.8. The van der Waals surface area contributed by atoms with Crippen LogP contribution in [-0.2, 0) is 6.54 Å². The summed E-state index contributed by atoms with van der Waals surface area (Å²) in [5, 5.41) is 7.91. The number of halogens is 1. The van der Waals surface area contributed by atoms with Crippen LogP contribution >= 0.6 is 15.9 Å². The first-order chi connectivity index (χ1) is 13.6. The van der Waals surface area contributed by atoms with Crippen LogP contribution in [0.3, 0.4) is 0 Å². The molecule has 0 fully saturated rings. The average molecular weight is 433 g/mol. The van der Waals surface area contributed by atoms with Gasteiger partial charge in [0.25, 0.3) is 0 Å². The van der Waals surface area contributed by atoms with E-state index in [2.05, 4.69) is 80.7 Å². The Hall–Kier alpha value is -2.92. The minimum Gasteiger partial charge on any atom is -0.381 e. The predicted molar refractivity (Wildman–Crippen MR) is 120 cm³/mol. The van der Waals surface area contributed by atoms with Crippen LogP contribution < -0.4 is 10.6 Å². The second kappa shape index (κ2) is 7.98. The Morgan fingerprint density at radius 3 is 2.64 bits per heavy atom. The summed E-state index contributed by atoms with van der Waals surface area (Å²) in [7, 11) is 0. The first-order valence-electron chi connectivity index (χ1n) is 9.16. The number of aryl methyl sites for hydroxylation is 2. The SMILES string of the molecule is Cc1ccc(C)c(CNc2ccc3ncnc(Nc4cccc(Br)c4)c3c2)c1. The number of fused-ring (bicyclic) bond motifs is 1. The van der Waals surface area contributed by atoms with Crippen molar-refractivity contribution in [2.45, 2.75) is 20.4 Å². The largest absolute Gasteiger partial charge is 0.381 e. The maximum atomic E-state index is 4.45. The van der Waals surface area contributed by atoms with E-state index in [1.807, 2.05) is 30.3 Å². The number of nitrogens with zero attached hydrogens (tertiary/aromatic N) is 2. The van der Waals surface area contributed by atoms with Gasteiger partial charge in [0, 0.05) is 27.8 Å². The summed E-state index contributed by atoms with van der Waals surface area (Å²) in [5.41, 5.74) is 6.79. The van der Waals surface area contributed by atoms with Crippen LogP contribution in [-0.4, -0.2) is 9.97 Å². The number of rotatable bonds is 5.